The molecule has 0 radical (unpaired) electrons. The maximum atomic E-state index is 10.6. The van der Waals surface area contributed by atoms with Crippen LogP contribution in [-0.2, 0) is 11.2 Å². The zero-order valence-corrected chi connectivity index (χ0v) is 12.4. The van der Waals surface area contributed by atoms with Crippen molar-refractivity contribution in [3.8, 4) is 5.69 Å². The number of hydrogen-bond donors (Lipinski definition) is 1. The first-order chi connectivity index (χ1) is 8.99. The molecular formula is C14H15BrN2O2. The van der Waals surface area contributed by atoms with E-state index >= 15 is 0 Å². The zero-order valence-electron chi connectivity index (χ0n) is 10.9. The van der Waals surface area contributed by atoms with Crippen LogP contribution in [0.3, 0.4) is 0 Å². The van der Waals surface area contributed by atoms with Crippen molar-refractivity contribution >= 4 is 21.9 Å². The lowest BCUT2D eigenvalue weighted by Gasteiger charge is -2.07. The Labute approximate surface area is 120 Å². The topological polar surface area (TPSA) is 55.1 Å². The molecule has 1 N–H and O–H groups in total. The standard InChI is InChI=1S/C14H15BrN2O2/c1-9-4-3-5-13(10(9)2)17-8-11(15)12(16-17)6-7-14(18)19/h3-5,8H,6-7H2,1-2H3,(H,18,19). The molecule has 0 spiro atoms. The van der Waals surface area contributed by atoms with Crippen molar-refractivity contribution < 1.29 is 9.90 Å². The molecule has 1 heterocycles. The van der Waals surface area contributed by atoms with Crippen molar-refractivity contribution in [2.75, 3.05) is 0 Å². The van der Waals surface area contributed by atoms with Crippen molar-refractivity contribution in [1.82, 2.24) is 9.78 Å². The second-order valence-corrected chi connectivity index (χ2v) is 5.34. The van der Waals surface area contributed by atoms with Crippen LogP contribution >= 0.6 is 15.9 Å². The molecule has 0 bridgehead atoms. The summed E-state index contributed by atoms with van der Waals surface area (Å²) in [5.41, 5.74) is 4.16. The van der Waals surface area contributed by atoms with Gasteiger partial charge in [-0.25, -0.2) is 4.68 Å². The smallest absolute Gasteiger partial charge is 0.303 e. The molecule has 0 atom stereocenters. The normalized spacial score (nSPS) is 10.7. The van der Waals surface area contributed by atoms with Crippen LogP contribution in [-0.4, -0.2) is 20.9 Å². The summed E-state index contributed by atoms with van der Waals surface area (Å²) in [6, 6.07) is 6.05. The van der Waals surface area contributed by atoms with Crippen LogP contribution in [0.15, 0.2) is 28.9 Å². The van der Waals surface area contributed by atoms with Gasteiger partial charge in [0.25, 0.3) is 0 Å². The molecule has 0 saturated carbocycles. The maximum absolute atomic E-state index is 10.6. The van der Waals surface area contributed by atoms with Gasteiger partial charge in [-0.1, -0.05) is 12.1 Å². The zero-order chi connectivity index (χ0) is 14.0. The number of halogens is 1. The molecule has 0 aliphatic rings. The Bertz CT molecular complexity index is 620. The van der Waals surface area contributed by atoms with Gasteiger partial charge in [0.15, 0.2) is 0 Å². The largest absolute Gasteiger partial charge is 0.481 e. The van der Waals surface area contributed by atoms with Crippen LogP contribution < -0.4 is 0 Å². The van der Waals surface area contributed by atoms with Crippen molar-refractivity contribution in [2.24, 2.45) is 0 Å². The van der Waals surface area contributed by atoms with Crippen LogP contribution in [0.4, 0.5) is 0 Å². The fourth-order valence-electron chi connectivity index (χ4n) is 1.89. The maximum Gasteiger partial charge on any atom is 0.303 e. The Kier molecular flexibility index (Phi) is 4.04. The first-order valence-electron chi connectivity index (χ1n) is 6.01. The van der Waals surface area contributed by atoms with E-state index in [1.165, 1.54) is 11.1 Å². The number of carbonyl (C=O) groups is 1. The second-order valence-electron chi connectivity index (χ2n) is 4.48. The summed E-state index contributed by atoms with van der Waals surface area (Å²) in [6.45, 7) is 4.11. The highest BCUT2D eigenvalue weighted by Gasteiger charge is 2.11. The number of nitrogens with zero attached hydrogens (tertiary/aromatic N) is 2. The fraction of sp³-hybridized carbons (Fsp3) is 0.286. The van der Waals surface area contributed by atoms with Gasteiger partial charge in [0.05, 0.1) is 22.3 Å². The molecule has 1 aromatic carbocycles. The lowest BCUT2D eigenvalue weighted by Crippen LogP contribution is -2.02. The van der Waals surface area contributed by atoms with E-state index in [4.69, 9.17) is 5.11 Å². The minimum absolute atomic E-state index is 0.0857. The Morgan fingerprint density at radius 1 is 1.42 bits per heavy atom. The van der Waals surface area contributed by atoms with Gasteiger partial charge >= 0.3 is 5.97 Å². The summed E-state index contributed by atoms with van der Waals surface area (Å²) in [7, 11) is 0. The number of hydrogen-bond acceptors (Lipinski definition) is 2. The van der Waals surface area contributed by atoms with Crippen LogP contribution in [0.25, 0.3) is 5.69 Å². The molecule has 0 saturated heterocycles. The summed E-state index contributed by atoms with van der Waals surface area (Å²) in [6.07, 6.45) is 2.38. The third-order valence-corrected chi connectivity index (χ3v) is 3.80. The molecule has 5 heteroatoms. The lowest BCUT2D eigenvalue weighted by atomic mass is 10.1. The first-order valence-corrected chi connectivity index (χ1v) is 6.80. The third kappa shape index (κ3) is 3.04. The van der Waals surface area contributed by atoms with E-state index in [-0.39, 0.29) is 6.42 Å². The van der Waals surface area contributed by atoms with Crippen LogP contribution in [0.5, 0.6) is 0 Å². The van der Waals surface area contributed by atoms with Crippen LogP contribution in [0, 0.1) is 13.8 Å². The van der Waals surface area contributed by atoms with E-state index in [0.717, 1.165) is 15.9 Å². The number of rotatable bonds is 4. The van der Waals surface area contributed by atoms with Gasteiger partial charge < -0.3 is 5.11 Å². The highest BCUT2D eigenvalue weighted by molar-refractivity contribution is 9.10. The van der Waals surface area contributed by atoms with E-state index in [0.29, 0.717) is 6.42 Å². The first kappa shape index (κ1) is 13.8. The van der Waals surface area contributed by atoms with Crippen molar-refractivity contribution in [3.63, 3.8) is 0 Å². The van der Waals surface area contributed by atoms with E-state index in [2.05, 4.69) is 40.9 Å². The van der Waals surface area contributed by atoms with Gasteiger partial charge in [-0.05, 0) is 47.0 Å². The van der Waals surface area contributed by atoms with Gasteiger partial charge in [0, 0.05) is 12.6 Å². The van der Waals surface area contributed by atoms with E-state index in [1.807, 2.05) is 18.3 Å². The predicted octanol–water partition coefficient (Wildman–Crippen LogP) is 3.27. The third-order valence-electron chi connectivity index (χ3n) is 3.14. The monoisotopic (exact) mass is 322 g/mol. The molecule has 19 heavy (non-hydrogen) atoms. The van der Waals surface area contributed by atoms with E-state index in [9.17, 15) is 4.79 Å². The second kappa shape index (κ2) is 5.57. The molecule has 0 amide bonds. The molecule has 100 valence electrons. The average Bonchev–Trinajstić information content (AvgIpc) is 2.71. The fourth-order valence-corrected chi connectivity index (χ4v) is 2.36. The molecule has 1 aromatic heterocycles. The molecule has 0 aliphatic carbocycles. The summed E-state index contributed by atoms with van der Waals surface area (Å²) in [5.74, 6) is -0.812. The van der Waals surface area contributed by atoms with Gasteiger partial charge in [-0.2, -0.15) is 5.10 Å². The minimum Gasteiger partial charge on any atom is -0.481 e. The van der Waals surface area contributed by atoms with Gasteiger partial charge in [0.2, 0.25) is 0 Å². The lowest BCUT2D eigenvalue weighted by molar-refractivity contribution is -0.136. The molecule has 0 unspecified atom stereocenters. The number of aliphatic carboxylic acids is 1. The highest BCUT2D eigenvalue weighted by Crippen LogP contribution is 2.22. The number of carboxylic acids is 1. The Morgan fingerprint density at radius 2 is 2.16 bits per heavy atom. The van der Waals surface area contributed by atoms with Crippen LogP contribution in [0.2, 0.25) is 0 Å². The predicted molar refractivity (Wildman–Crippen MR) is 76.7 cm³/mol. The molecule has 0 fully saturated rings. The van der Waals surface area contributed by atoms with Crippen LogP contribution in [0.1, 0.15) is 23.2 Å². The average molecular weight is 323 g/mol. The van der Waals surface area contributed by atoms with E-state index < -0.39 is 5.97 Å². The Hall–Kier alpha value is -1.62. The molecular weight excluding hydrogens is 308 g/mol. The molecule has 2 rings (SSSR count). The highest BCUT2D eigenvalue weighted by atomic mass is 79.9. The Morgan fingerprint density at radius 3 is 2.84 bits per heavy atom. The molecule has 0 aliphatic heterocycles. The summed E-state index contributed by atoms with van der Waals surface area (Å²) >= 11 is 3.43. The summed E-state index contributed by atoms with van der Waals surface area (Å²) in [5, 5.41) is 13.2. The van der Waals surface area contributed by atoms with Crippen molar-refractivity contribution in [2.45, 2.75) is 26.7 Å². The van der Waals surface area contributed by atoms with E-state index in [1.54, 1.807) is 4.68 Å². The molecule has 4 nitrogen and oxygen atoms in total. The van der Waals surface area contributed by atoms with Crippen molar-refractivity contribution in [1.29, 1.82) is 0 Å². The SMILES string of the molecule is Cc1cccc(-n2cc(Br)c(CCC(=O)O)n2)c1C. The number of benzene rings is 1. The van der Waals surface area contributed by atoms with Crippen molar-refractivity contribution in [3.05, 3.63) is 45.7 Å². The summed E-state index contributed by atoms with van der Waals surface area (Å²) < 4.78 is 2.64. The molecule has 2 aromatic rings. The van der Waals surface area contributed by atoms with Gasteiger partial charge in [-0.3, -0.25) is 4.79 Å². The van der Waals surface area contributed by atoms with Gasteiger partial charge in [-0.15, -0.1) is 0 Å². The Balaban J connectivity index is 2.34. The summed E-state index contributed by atoms with van der Waals surface area (Å²) in [4.78, 5) is 10.6. The minimum atomic E-state index is -0.812. The van der Waals surface area contributed by atoms with Gasteiger partial charge in [0.1, 0.15) is 0 Å². The number of carboxylic acid groups (broad SMARTS) is 1. The quantitative estimate of drug-likeness (QED) is 0.939. The number of aromatic nitrogens is 2. The number of aryl methyl sites for hydroxylation is 2.